The standard InChI is InChI=1S/C23H20ClNO3/c24-21-9-5-4-8-20(21)23(27)25-15-14-22(26)28-16-17-10-12-19(13-11-17)18-6-2-1-3-7-18/h1-13H,14-16H2,(H,25,27). The third-order valence-electron chi connectivity index (χ3n) is 4.19. The lowest BCUT2D eigenvalue weighted by molar-refractivity contribution is -0.144. The molecule has 3 rings (SSSR count). The second kappa shape index (κ2) is 9.72. The number of rotatable bonds is 7. The molecule has 1 amide bonds. The summed E-state index contributed by atoms with van der Waals surface area (Å²) in [5.41, 5.74) is 3.54. The van der Waals surface area contributed by atoms with Crippen molar-refractivity contribution in [2.24, 2.45) is 0 Å². The normalized spacial score (nSPS) is 10.3. The maximum Gasteiger partial charge on any atom is 0.307 e. The number of nitrogens with one attached hydrogen (secondary N) is 1. The molecule has 0 unspecified atom stereocenters. The van der Waals surface area contributed by atoms with Crippen molar-refractivity contribution in [1.29, 1.82) is 0 Å². The second-order valence-corrected chi connectivity index (χ2v) is 6.62. The smallest absolute Gasteiger partial charge is 0.307 e. The molecule has 0 aliphatic rings. The number of hydrogen-bond acceptors (Lipinski definition) is 3. The molecule has 3 aromatic carbocycles. The van der Waals surface area contributed by atoms with Gasteiger partial charge in [0.15, 0.2) is 0 Å². The van der Waals surface area contributed by atoms with E-state index in [9.17, 15) is 9.59 Å². The van der Waals surface area contributed by atoms with Crippen LogP contribution >= 0.6 is 11.6 Å². The van der Waals surface area contributed by atoms with Crippen molar-refractivity contribution in [2.75, 3.05) is 6.54 Å². The van der Waals surface area contributed by atoms with E-state index in [1.807, 2.05) is 54.6 Å². The summed E-state index contributed by atoms with van der Waals surface area (Å²) < 4.78 is 5.27. The molecule has 1 N–H and O–H groups in total. The van der Waals surface area contributed by atoms with Crippen LogP contribution in [0.4, 0.5) is 0 Å². The molecule has 28 heavy (non-hydrogen) atoms. The number of carbonyl (C=O) groups excluding carboxylic acids is 2. The first-order chi connectivity index (χ1) is 13.6. The molecule has 0 aromatic heterocycles. The van der Waals surface area contributed by atoms with Gasteiger partial charge < -0.3 is 10.1 Å². The molecule has 0 spiro atoms. The van der Waals surface area contributed by atoms with Gasteiger partial charge in [0.25, 0.3) is 5.91 Å². The highest BCUT2D eigenvalue weighted by atomic mass is 35.5. The monoisotopic (exact) mass is 393 g/mol. The fraction of sp³-hybridized carbons (Fsp3) is 0.130. The van der Waals surface area contributed by atoms with Crippen LogP contribution in [-0.4, -0.2) is 18.4 Å². The summed E-state index contributed by atoms with van der Waals surface area (Å²) in [7, 11) is 0. The number of carbonyl (C=O) groups is 2. The average molecular weight is 394 g/mol. The number of esters is 1. The van der Waals surface area contributed by atoms with Crippen LogP contribution in [0, 0.1) is 0 Å². The quantitative estimate of drug-likeness (QED) is 0.582. The van der Waals surface area contributed by atoms with Crippen LogP contribution in [-0.2, 0) is 16.1 Å². The van der Waals surface area contributed by atoms with Crippen LogP contribution in [0.5, 0.6) is 0 Å². The third-order valence-corrected chi connectivity index (χ3v) is 4.52. The molecule has 5 heteroatoms. The number of ether oxygens (including phenoxy) is 1. The fourth-order valence-electron chi connectivity index (χ4n) is 2.68. The molecular weight excluding hydrogens is 374 g/mol. The lowest BCUT2D eigenvalue weighted by atomic mass is 10.0. The first-order valence-electron chi connectivity index (χ1n) is 8.96. The van der Waals surface area contributed by atoms with E-state index < -0.39 is 0 Å². The molecule has 0 radical (unpaired) electrons. The summed E-state index contributed by atoms with van der Waals surface area (Å²) in [6.45, 7) is 0.391. The van der Waals surface area contributed by atoms with E-state index in [-0.39, 0.29) is 31.4 Å². The van der Waals surface area contributed by atoms with Crippen molar-refractivity contribution >= 4 is 23.5 Å². The van der Waals surface area contributed by atoms with Crippen LogP contribution in [0.3, 0.4) is 0 Å². The lowest BCUT2D eigenvalue weighted by Crippen LogP contribution is -2.26. The van der Waals surface area contributed by atoms with Crippen molar-refractivity contribution in [2.45, 2.75) is 13.0 Å². The Labute approximate surface area is 169 Å². The molecule has 0 saturated carbocycles. The van der Waals surface area contributed by atoms with Gasteiger partial charge in [0.1, 0.15) is 6.61 Å². The predicted molar refractivity (Wildman–Crippen MR) is 110 cm³/mol. The largest absolute Gasteiger partial charge is 0.461 e. The van der Waals surface area contributed by atoms with Crippen molar-refractivity contribution in [3.8, 4) is 11.1 Å². The Hall–Kier alpha value is -3.11. The molecule has 0 saturated heterocycles. The Balaban J connectivity index is 1.42. The summed E-state index contributed by atoms with van der Waals surface area (Å²) in [5, 5.41) is 3.05. The van der Waals surface area contributed by atoms with Crippen molar-refractivity contribution in [3.63, 3.8) is 0 Å². The van der Waals surface area contributed by atoms with E-state index in [0.29, 0.717) is 10.6 Å². The van der Waals surface area contributed by atoms with Crippen molar-refractivity contribution in [3.05, 3.63) is 95.0 Å². The van der Waals surface area contributed by atoms with E-state index in [0.717, 1.165) is 16.7 Å². The number of benzene rings is 3. The minimum absolute atomic E-state index is 0.0955. The Bertz CT molecular complexity index is 940. The first kappa shape index (κ1) is 19.6. The van der Waals surface area contributed by atoms with Crippen LogP contribution in [0.1, 0.15) is 22.3 Å². The van der Waals surface area contributed by atoms with Crippen LogP contribution < -0.4 is 5.32 Å². The van der Waals surface area contributed by atoms with Gasteiger partial charge in [-0.05, 0) is 28.8 Å². The molecule has 0 atom stereocenters. The molecular formula is C23H20ClNO3. The zero-order chi connectivity index (χ0) is 19.8. The first-order valence-corrected chi connectivity index (χ1v) is 9.34. The number of hydrogen-bond donors (Lipinski definition) is 1. The summed E-state index contributed by atoms with van der Waals surface area (Å²) in [4.78, 5) is 23.9. The van der Waals surface area contributed by atoms with Gasteiger partial charge in [0, 0.05) is 6.54 Å². The zero-order valence-corrected chi connectivity index (χ0v) is 16.0. The van der Waals surface area contributed by atoms with E-state index in [1.165, 1.54) is 0 Å². The molecule has 0 aliphatic heterocycles. The SMILES string of the molecule is O=C(CCNC(=O)c1ccccc1Cl)OCc1ccc(-c2ccccc2)cc1. The number of amides is 1. The van der Waals surface area contributed by atoms with Gasteiger partial charge in [-0.2, -0.15) is 0 Å². The van der Waals surface area contributed by atoms with Crippen LogP contribution in [0.15, 0.2) is 78.9 Å². The summed E-state index contributed by atoms with van der Waals surface area (Å²) in [6, 6.07) is 24.7. The summed E-state index contributed by atoms with van der Waals surface area (Å²) in [6.07, 6.45) is 0.0955. The van der Waals surface area contributed by atoms with Gasteiger partial charge in [0.05, 0.1) is 17.0 Å². The minimum Gasteiger partial charge on any atom is -0.461 e. The van der Waals surface area contributed by atoms with E-state index in [1.54, 1.807) is 24.3 Å². The zero-order valence-electron chi connectivity index (χ0n) is 15.2. The van der Waals surface area contributed by atoms with Crippen LogP contribution in [0.2, 0.25) is 5.02 Å². The third kappa shape index (κ3) is 5.44. The highest BCUT2D eigenvalue weighted by Gasteiger charge is 2.10. The van der Waals surface area contributed by atoms with Crippen molar-refractivity contribution in [1.82, 2.24) is 5.32 Å². The minimum atomic E-state index is -0.369. The van der Waals surface area contributed by atoms with Crippen LogP contribution in [0.25, 0.3) is 11.1 Å². The van der Waals surface area contributed by atoms with E-state index in [4.69, 9.17) is 16.3 Å². The fourth-order valence-corrected chi connectivity index (χ4v) is 2.90. The van der Waals surface area contributed by atoms with Gasteiger partial charge in [-0.25, -0.2) is 0 Å². The second-order valence-electron chi connectivity index (χ2n) is 6.21. The highest BCUT2D eigenvalue weighted by Crippen LogP contribution is 2.19. The Morgan fingerprint density at radius 3 is 2.18 bits per heavy atom. The van der Waals surface area contributed by atoms with E-state index >= 15 is 0 Å². The van der Waals surface area contributed by atoms with Gasteiger partial charge >= 0.3 is 5.97 Å². The molecule has 0 aliphatic carbocycles. The van der Waals surface area contributed by atoms with Gasteiger partial charge in [0.2, 0.25) is 0 Å². The molecule has 0 fully saturated rings. The highest BCUT2D eigenvalue weighted by molar-refractivity contribution is 6.33. The summed E-state index contributed by atoms with van der Waals surface area (Å²) in [5.74, 6) is -0.679. The molecule has 0 heterocycles. The molecule has 4 nitrogen and oxygen atoms in total. The van der Waals surface area contributed by atoms with E-state index in [2.05, 4.69) is 5.32 Å². The number of halogens is 1. The predicted octanol–water partition coefficient (Wildman–Crippen LogP) is 4.87. The molecule has 0 bridgehead atoms. The topological polar surface area (TPSA) is 55.4 Å². The molecule has 3 aromatic rings. The van der Waals surface area contributed by atoms with Crippen molar-refractivity contribution < 1.29 is 14.3 Å². The maximum atomic E-state index is 12.0. The Morgan fingerprint density at radius 2 is 1.46 bits per heavy atom. The van der Waals surface area contributed by atoms with Gasteiger partial charge in [-0.1, -0.05) is 78.3 Å². The van der Waals surface area contributed by atoms with Gasteiger partial charge in [-0.15, -0.1) is 0 Å². The Morgan fingerprint density at radius 1 is 0.821 bits per heavy atom. The maximum absolute atomic E-state index is 12.0. The van der Waals surface area contributed by atoms with Gasteiger partial charge in [-0.3, -0.25) is 9.59 Å². The Kier molecular flexibility index (Phi) is 6.82. The average Bonchev–Trinajstić information content (AvgIpc) is 2.73. The lowest BCUT2D eigenvalue weighted by Gasteiger charge is -2.08. The molecule has 142 valence electrons. The summed E-state index contributed by atoms with van der Waals surface area (Å²) >= 11 is 5.98.